The van der Waals surface area contributed by atoms with Crippen LogP contribution in [0.3, 0.4) is 0 Å². The second-order valence-corrected chi connectivity index (χ2v) is 5.79. The van der Waals surface area contributed by atoms with E-state index in [-0.39, 0.29) is 11.8 Å². The summed E-state index contributed by atoms with van der Waals surface area (Å²) in [5.74, 6) is -0.885. The van der Waals surface area contributed by atoms with E-state index in [0.717, 1.165) is 18.9 Å². The van der Waals surface area contributed by atoms with E-state index in [0.29, 0.717) is 45.1 Å². The summed E-state index contributed by atoms with van der Waals surface area (Å²) in [5.41, 5.74) is 0.402. The number of amides is 1. The van der Waals surface area contributed by atoms with Gasteiger partial charge in [-0.2, -0.15) is 0 Å². The highest BCUT2D eigenvalue weighted by atomic mass is 19.1. The quantitative estimate of drug-likeness (QED) is 0.838. The molecule has 2 heterocycles. The smallest absolute Gasteiger partial charge is 0.225 e. The van der Waals surface area contributed by atoms with Gasteiger partial charge in [0, 0.05) is 51.4 Å². The number of hydrogen-bond acceptors (Lipinski definition) is 3. The fraction of sp³-hybridized carbons (Fsp3) is 0.562. The van der Waals surface area contributed by atoms with Crippen molar-refractivity contribution in [1.29, 1.82) is 0 Å². The average Bonchev–Trinajstić information content (AvgIpc) is 2.55. The van der Waals surface area contributed by atoms with E-state index in [2.05, 4.69) is 0 Å². The predicted octanol–water partition coefficient (Wildman–Crippen LogP) is 2.04. The molecule has 0 bridgehead atoms. The van der Waals surface area contributed by atoms with Gasteiger partial charge in [0.1, 0.15) is 11.6 Å². The van der Waals surface area contributed by atoms with E-state index in [1.165, 1.54) is 12.1 Å². The molecule has 0 N–H and O–H groups in total. The first-order chi connectivity index (χ1) is 10.6. The molecule has 22 heavy (non-hydrogen) atoms. The summed E-state index contributed by atoms with van der Waals surface area (Å²) in [5, 5.41) is 0. The zero-order valence-electron chi connectivity index (χ0n) is 12.4. The minimum Gasteiger partial charge on any atom is -0.381 e. The van der Waals surface area contributed by atoms with Crippen LogP contribution in [0.15, 0.2) is 18.2 Å². The Labute approximate surface area is 128 Å². The first kappa shape index (κ1) is 15.2. The lowest BCUT2D eigenvalue weighted by molar-refractivity contribution is -0.138. The molecule has 0 saturated carbocycles. The van der Waals surface area contributed by atoms with E-state index < -0.39 is 11.6 Å². The monoisotopic (exact) mass is 310 g/mol. The van der Waals surface area contributed by atoms with Gasteiger partial charge in [-0.05, 0) is 25.0 Å². The van der Waals surface area contributed by atoms with Crippen LogP contribution in [0, 0.1) is 17.6 Å². The summed E-state index contributed by atoms with van der Waals surface area (Å²) < 4.78 is 32.1. The normalized spacial score (nSPS) is 20.3. The highest BCUT2D eigenvalue weighted by Crippen LogP contribution is 2.23. The van der Waals surface area contributed by atoms with Crippen molar-refractivity contribution in [2.24, 2.45) is 5.92 Å². The van der Waals surface area contributed by atoms with Gasteiger partial charge in [0.05, 0.1) is 5.69 Å². The Kier molecular flexibility index (Phi) is 4.57. The topological polar surface area (TPSA) is 32.8 Å². The average molecular weight is 310 g/mol. The van der Waals surface area contributed by atoms with E-state index >= 15 is 0 Å². The number of rotatable bonds is 2. The lowest BCUT2D eigenvalue weighted by Gasteiger charge is -2.38. The number of hydrogen-bond donors (Lipinski definition) is 0. The molecule has 4 nitrogen and oxygen atoms in total. The first-order valence-electron chi connectivity index (χ1n) is 7.71. The van der Waals surface area contributed by atoms with Crippen LogP contribution in [-0.4, -0.2) is 50.2 Å². The molecule has 0 aliphatic carbocycles. The second-order valence-electron chi connectivity index (χ2n) is 5.79. The van der Waals surface area contributed by atoms with Crippen molar-refractivity contribution >= 4 is 11.6 Å². The maximum Gasteiger partial charge on any atom is 0.225 e. The molecule has 2 aliphatic heterocycles. The Hall–Kier alpha value is -1.69. The molecular formula is C16H20F2N2O2. The van der Waals surface area contributed by atoms with Gasteiger partial charge in [-0.25, -0.2) is 8.78 Å². The number of nitrogens with zero attached hydrogens (tertiary/aromatic N) is 2. The van der Waals surface area contributed by atoms with Gasteiger partial charge in [-0.15, -0.1) is 0 Å². The fourth-order valence-corrected chi connectivity index (χ4v) is 3.11. The Bertz CT molecular complexity index is 539. The Balaban J connectivity index is 1.59. The predicted molar refractivity (Wildman–Crippen MR) is 78.7 cm³/mol. The van der Waals surface area contributed by atoms with Gasteiger partial charge in [0.25, 0.3) is 0 Å². The molecule has 6 heteroatoms. The summed E-state index contributed by atoms with van der Waals surface area (Å²) in [6, 6.07) is 3.62. The molecule has 1 aromatic rings. The van der Waals surface area contributed by atoms with Crippen molar-refractivity contribution in [3.05, 3.63) is 29.8 Å². The number of carbonyl (C=O) groups excluding carboxylic acids is 1. The Morgan fingerprint density at radius 1 is 1.09 bits per heavy atom. The molecule has 2 fully saturated rings. The van der Waals surface area contributed by atoms with Gasteiger partial charge in [0.2, 0.25) is 5.91 Å². The van der Waals surface area contributed by atoms with Crippen molar-refractivity contribution in [2.75, 3.05) is 44.3 Å². The third-order valence-corrected chi connectivity index (χ3v) is 4.41. The lowest BCUT2D eigenvalue weighted by Crippen LogP contribution is -2.51. The van der Waals surface area contributed by atoms with Crippen LogP contribution in [0.1, 0.15) is 12.8 Å². The summed E-state index contributed by atoms with van der Waals surface area (Å²) in [6.45, 7) is 3.59. The van der Waals surface area contributed by atoms with Crippen LogP contribution in [0.5, 0.6) is 0 Å². The van der Waals surface area contributed by atoms with Gasteiger partial charge in [-0.3, -0.25) is 4.79 Å². The summed E-state index contributed by atoms with van der Waals surface area (Å²) in [6.07, 6.45) is 1.57. The molecule has 2 saturated heterocycles. The molecule has 2 aliphatic rings. The van der Waals surface area contributed by atoms with E-state index in [1.54, 1.807) is 0 Å². The number of ether oxygens (including phenoxy) is 1. The maximum atomic E-state index is 13.8. The molecule has 0 spiro atoms. The number of carbonyl (C=O) groups is 1. The molecule has 0 atom stereocenters. The molecular weight excluding hydrogens is 290 g/mol. The van der Waals surface area contributed by atoms with Crippen LogP contribution in [-0.2, 0) is 9.53 Å². The van der Waals surface area contributed by atoms with E-state index in [9.17, 15) is 13.6 Å². The highest BCUT2D eigenvalue weighted by molar-refractivity contribution is 5.79. The zero-order chi connectivity index (χ0) is 15.5. The zero-order valence-corrected chi connectivity index (χ0v) is 12.4. The summed E-state index contributed by atoms with van der Waals surface area (Å²) in [7, 11) is 0. The van der Waals surface area contributed by atoms with E-state index in [4.69, 9.17) is 4.74 Å². The standard InChI is InChI=1S/C16H20F2N2O2/c17-13-1-2-15(14(18)11-13)19-5-7-20(8-6-19)16(21)12-3-9-22-10-4-12/h1-2,11-12H,3-10H2. The largest absolute Gasteiger partial charge is 0.381 e. The van der Waals surface area contributed by atoms with Crippen molar-refractivity contribution in [3.8, 4) is 0 Å². The van der Waals surface area contributed by atoms with Crippen molar-refractivity contribution < 1.29 is 18.3 Å². The number of anilines is 1. The lowest BCUT2D eigenvalue weighted by atomic mass is 9.98. The highest BCUT2D eigenvalue weighted by Gasteiger charge is 2.29. The van der Waals surface area contributed by atoms with Gasteiger partial charge in [-0.1, -0.05) is 0 Å². The molecule has 0 aromatic heterocycles. The SMILES string of the molecule is O=C(C1CCOCC1)N1CCN(c2ccc(F)cc2F)CC1. The number of benzene rings is 1. The minimum absolute atomic E-state index is 0.0582. The third-order valence-electron chi connectivity index (χ3n) is 4.41. The Morgan fingerprint density at radius 2 is 1.77 bits per heavy atom. The Morgan fingerprint density at radius 3 is 2.41 bits per heavy atom. The number of halogens is 2. The summed E-state index contributed by atoms with van der Waals surface area (Å²) >= 11 is 0. The molecule has 1 aromatic carbocycles. The van der Waals surface area contributed by atoms with Gasteiger partial charge < -0.3 is 14.5 Å². The van der Waals surface area contributed by atoms with E-state index in [1.807, 2.05) is 9.80 Å². The minimum atomic E-state index is -0.574. The summed E-state index contributed by atoms with van der Waals surface area (Å²) in [4.78, 5) is 16.2. The molecule has 1 amide bonds. The van der Waals surface area contributed by atoms with Crippen LogP contribution in [0.4, 0.5) is 14.5 Å². The molecule has 120 valence electrons. The molecule has 0 unspecified atom stereocenters. The van der Waals surface area contributed by atoms with Gasteiger partial charge >= 0.3 is 0 Å². The van der Waals surface area contributed by atoms with Crippen molar-refractivity contribution in [2.45, 2.75) is 12.8 Å². The van der Waals surface area contributed by atoms with Crippen LogP contribution < -0.4 is 4.90 Å². The third kappa shape index (κ3) is 3.21. The molecule has 3 rings (SSSR count). The van der Waals surface area contributed by atoms with Gasteiger partial charge in [0.15, 0.2) is 0 Å². The number of piperazine rings is 1. The van der Waals surface area contributed by atoms with Crippen molar-refractivity contribution in [3.63, 3.8) is 0 Å². The van der Waals surface area contributed by atoms with Crippen LogP contribution in [0.25, 0.3) is 0 Å². The maximum absolute atomic E-state index is 13.8. The fourth-order valence-electron chi connectivity index (χ4n) is 3.11. The first-order valence-corrected chi connectivity index (χ1v) is 7.71. The van der Waals surface area contributed by atoms with Crippen molar-refractivity contribution in [1.82, 2.24) is 4.90 Å². The van der Waals surface area contributed by atoms with Crippen LogP contribution in [0.2, 0.25) is 0 Å². The molecule has 0 radical (unpaired) electrons. The second kappa shape index (κ2) is 6.60. The van der Waals surface area contributed by atoms with Crippen LogP contribution >= 0.6 is 0 Å².